The van der Waals surface area contributed by atoms with E-state index in [-0.39, 0.29) is 22.7 Å². The standard InChI is InChI=1S/C25H30N2O5S/c1-3-32-24(29)25(14-15-25)20-6-8-21(9-7-20)26-23(28)19-12-16-27(17-13-19)33(30,31)22-10-4-18(2)5-11-22/h4-11,19H,3,12-17H2,1-2H3,(H,26,28). The molecule has 2 aromatic rings. The van der Waals surface area contributed by atoms with E-state index >= 15 is 0 Å². The van der Waals surface area contributed by atoms with Crippen LogP contribution >= 0.6 is 0 Å². The smallest absolute Gasteiger partial charge is 0.316 e. The number of nitrogens with one attached hydrogen (secondary N) is 1. The van der Waals surface area contributed by atoms with Crippen molar-refractivity contribution in [3.63, 3.8) is 0 Å². The topological polar surface area (TPSA) is 92.8 Å². The van der Waals surface area contributed by atoms with Crippen LogP contribution in [-0.2, 0) is 29.8 Å². The minimum Gasteiger partial charge on any atom is -0.465 e. The number of hydrogen-bond acceptors (Lipinski definition) is 5. The Morgan fingerprint density at radius 2 is 1.64 bits per heavy atom. The monoisotopic (exact) mass is 470 g/mol. The lowest BCUT2D eigenvalue weighted by molar-refractivity contribution is -0.146. The summed E-state index contributed by atoms with van der Waals surface area (Å²) in [4.78, 5) is 25.3. The molecule has 0 aromatic heterocycles. The van der Waals surface area contributed by atoms with E-state index in [1.54, 1.807) is 31.2 Å². The molecule has 0 atom stereocenters. The number of aryl methyl sites for hydroxylation is 1. The Balaban J connectivity index is 1.33. The number of benzene rings is 2. The minimum absolute atomic E-state index is 0.110. The van der Waals surface area contributed by atoms with E-state index in [1.165, 1.54) is 4.31 Å². The number of rotatable bonds is 7. The van der Waals surface area contributed by atoms with Crippen molar-refractivity contribution in [2.75, 3.05) is 25.0 Å². The highest BCUT2D eigenvalue weighted by atomic mass is 32.2. The zero-order valence-electron chi connectivity index (χ0n) is 19.0. The SMILES string of the molecule is CCOC(=O)C1(c2ccc(NC(=O)C3CCN(S(=O)(=O)c4ccc(C)cc4)CC3)cc2)CC1. The Morgan fingerprint density at radius 3 is 2.18 bits per heavy atom. The number of ether oxygens (including phenoxy) is 1. The Bertz CT molecular complexity index is 1110. The number of anilines is 1. The number of carbonyl (C=O) groups excluding carboxylic acids is 2. The molecule has 2 aromatic carbocycles. The molecule has 7 nitrogen and oxygen atoms in total. The maximum absolute atomic E-state index is 12.9. The predicted molar refractivity (Wildman–Crippen MR) is 125 cm³/mol. The van der Waals surface area contributed by atoms with Crippen LogP contribution in [0.15, 0.2) is 53.4 Å². The van der Waals surface area contributed by atoms with Crippen LogP contribution in [0.5, 0.6) is 0 Å². The molecule has 1 saturated heterocycles. The van der Waals surface area contributed by atoms with Crippen LogP contribution in [0.3, 0.4) is 0 Å². The first-order valence-electron chi connectivity index (χ1n) is 11.4. The van der Waals surface area contributed by atoms with E-state index in [9.17, 15) is 18.0 Å². The molecule has 4 rings (SSSR count). The molecule has 2 aliphatic rings. The summed E-state index contributed by atoms with van der Waals surface area (Å²) in [6.07, 6.45) is 2.51. The number of amides is 1. The third-order valence-electron chi connectivity index (χ3n) is 6.60. The van der Waals surface area contributed by atoms with Gasteiger partial charge in [-0.15, -0.1) is 0 Å². The second-order valence-corrected chi connectivity index (χ2v) is 10.8. The van der Waals surface area contributed by atoms with Crippen molar-refractivity contribution in [2.45, 2.75) is 49.8 Å². The average Bonchev–Trinajstić information content (AvgIpc) is 3.62. The van der Waals surface area contributed by atoms with E-state index in [0.29, 0.717) is 38.2 Å². The molecule has 8 heteroatoms. The summed E-state index contributed by atoms with van der Waals surface area (Å²) >= 11 is 0. The molecule has 1 saturated carbocycles. The summed E-state index contributed by atoms with van der Waals surface area (Å²) < 4.78 is 32.4. The van der Waals surface area contributed by atoms with Crippen LogP contribution in [0.25, 0.3) is 0 Å². The number of piperidine rings is 1. The summed E-state index contributed by atoms with van der Waals surface area (Å²) in [6.45, 7) is 4.71. The highest BCUT2D eigenvalue weighted by Crippen LogP contribution is 2.49. The fraction of sp³-hybridized carbons (Fsp3) is 0.440. The molecule has 1 aliphatic heterocycles. The molecule has 0 bridgehead atoms. The van der Waals surface area contributed by atoms with E-state index < -0.39 is 15.4 Å². The molecular formula is C25H30N2O5S. The van der Waals surface area contributed by atoms with E-state index in [4.69, 9.17) is 4.74 Å². The fourth-order valence-electron chi connectivity index (χ4n) is 4.34. The first-order valence-corrected chi connectivity index (χ1v) is 12.9. The lowest BCUT2D eigenvalue weighted by atomic mass is 9.95. The summed E-state index contributed by atoms with van der Waals surface area (Å²) in [5, 5.41) is 2.93. The summed E-state index contributed by atoms with van der Waals surface area (Å²) in [7, 11) is -3.55. The van der Waals surface area contributed by atoms with Gasteiger partial charge < -0.3 is 10.1 Å². The average molecular weight is 471 g/mol. The first-order chi connectivity index (χ1) is 15.8. The summed E-state index contributed by atoms with van der Waals surface area (Å²) in [6, 6.07) is 14.2. The Morgan fingerprint density at radius 1 is 1.03 bits per heavy atom. The largest absolute Gasteiger partial charge is 0.465 e. The highest BCUT2D eigenvalue weighted by Gasteiger charge is 2.52. The quantitative estimate of drug-likeness (QED) is 0.624. The molecule has 1 heterocycles. The van der Waals surface area contributed by atoms with Crippen molar-refractivity contribution in [1.29, 1.82) is 0 Å². The lowest BCUT2D eigenvalue weighted by Crippen LogP contribution is -2.41. The van der Waals surface area contributed by atoms with Crippen molar-refractivity contribution in [2.24, 2.45) is 5.92 Å². The molecule has 2 fully saturated rings. The molecule has 0 unspecified atom stereocenters. The Hall–Kier alpha value is -2.71. The van der Waals surface area contributed by atoms with E-state index in [0.717, 1.165) is 24.0 Å². The van der Waals surface area contributed by atoms with Gasteiger partial charge in [0, 0.05) is 24.7 Å². The maximum Gasteiger partial charge on any atom is 0.316 e. The molecule has 1 aliphatic carbocycles. The van der Waals surface area contributed by atoms with Crippen molar-refractivity contribution in [3.05, 3.63) is 59.7 Å². The normalized spacial score (nSPS) is 18.5. The van der Waals surface area contributed by atoms with Gasteiger partial charge in [0.25, 0.3) is 0 Å². The van der Waals surface area contributed by atoms with Gasteiger partial charge in [-0.3, -0.25) is 9.59 Å². The molecule has 1 N–H and O–H groups in total. The lowest BCUT2D eigenvalue weighted by Gasteiger charge is -2.30. The minimum atomic E-state index is -3.55. The van der Waals surface area contributed by atoms with Crippen molar-refractivity contribution < 1.29 is 22.7 Å². The van der Waals surface area contributed by atoms with Gasteiger partial charge in [0.15, 0.2) is 0 Å². The fourth-order valence-corrected chi connectivity index (χ4v) is 5.81. The maximum atomic E-state index is 12.9. The van der Waals surface area contributed by atoms with Crippen LogP contribution in [0.2, 0.25) is 0 Å². The van der Waals surface area contributed by atoms with Gasteiger partial charge in [-0.25, -0.2) is 8.42 Å². The number of carbonyl (C=O) groups is 2. The predicted octanol–water partition coefficient (Wildman–Crippen LogP) is 3.63. The molecule has 0 spiro atoms. The van der Waals surface area contributed by atoms with Crippen molar-refractivity contribution in [1.82, 2.24) is 4.31 Å². The third kappa shape index (κ3) is 4.82. The van der Waals surface area contributed by atoms with Crippen molar-refractivity contribution in [3.8, 4) is 0 Å². The van der Waals surface area contributed by atoms with Crippen LogP contribution in [0.1, 0.15) is 43.7 Å². The molecule has 1 amide bonds. The summed E-state index contributed by atoms with van der Waals surface area (Å²) in [5.41, 5.74) is 2.05. The molecule has 176 valence electrons. The molecular weight excluding hydrogens is 440 g/mol. The summed E-state index contributed by atoms with van der Waals surface area (Å²) in [5.74, 6) is -0.542. The van der Waals surface area contributed by atoms with Crippen LogP contribution in [-0.4, -0.2) is 44.3 Å². The first kappa shape index (κ1) is 23.4. The molecule has 0 radical (unpaired) electrons. The van der Waals surface area contributed by atoms with Crippen LogP contribution < -0.4 is 5.32 Å². The van der Waals surface area contributed by atoms with Gasteiger partial charge in [-0.2, -0.15) is 4.31 Å². The van der Waals surface area contributed by atoms with Gasteiger partial charge >= 0.3 is 5.97 Å². The van der Waals surface area contributed by atoms with Gasteiger partial charge in [-0.1, -0.05) is 29.8 Å². The van der Waals surface area contributed by atoms with Crippen molar-refractivity contribution >= 4 is 27.6 Å². The second-order valence-electron chi connectivity index (χ2n) is 8.86. The van der Waals surface area contributed by atoms with Gasteiger partial charge in [0.05, 0.1) is 16.9 Å². The van der Waals surface area contributed by atoms with Crippen LogP contribution in [0, 0.1) is 12.8 Å². The molecule has 33 heavy (non-hydrogen) atoms. The number of hydrogen-bond donors (Lipinski definition) is 1. The van der Waals surface area contributed by atoms with E-state index in [1.807, 2.05) is 31.2 Å². The number of nitrogens with zero attached hydrogens (tertiary/aromatic N) is 1. The highest BCUT2D eigenvalue weighted by molar-refractivity contribution is 7.89. The zero-order chi connectivity index (χ0) is 23.6. The van der Waals surface area contributed by atoms with Gasteiger partial charge in [-0.05, 0) is 69.4 Å². The van der Waals surface area contributed by atoms with Gasteiger partial charge in [0.1, 0.15) is 0 Å². The Kier molecular flexibility index (Phi) is 6.59. The third-order valence-corrected chi connectivity index (χ3v) is 8.52. The number of sulfonamides is 1. The van der Waals surface area contributed by atoms with Crippen LogP contribution in [0.4, 0.5) is 5.69 Å². The van der Waals surface area contributed by atoms with E-state index in [2.05, 4.69) is 5.32 Å². The second kappa shape index (κ2) is 9.27. The van der Waals surface area contributed by atoms with Gasteiger partial charge in [0.2, 0.25) is 15.9 Å². The number of esters is 1. The zero-order valence-corrected chi connectivity index (χ0v) is 19.9. The Labute approximate surface area is 195 Å².